The topological polar surface area (TPSA) is 89.5 Å². The molecule has 164 valence electrons. The molecule has 2 aliphatic heterocycles. The predicted molar refractivity (Wildman–Crippen MR) is 122 cm³/mol. The number of carbonyl (C=O) groups excluding carboxylic acids is 1. The molecule has 2 aliphatic rings. The highest BCUT2D eigenvalue weighted by Gasteiger charge is 2.41. The van der Waals surface area contributed by atoms with Gasteiger partial charge in [-0.3, -0.25) is 19.4 Å². The average Bonchev–Trinajstić information content (AvgIpc) is 3.27. The van der Waals surface area contributed by atoms with Crippen molar-refractivity contribution in [3.63, 3.8) is 0 Å². The van der Waals surface area contributed by atoms with E-state index in [0.717, 1.165) is 41.5 Å². The van der Waals surface area contributed by atoms with Gasteiger partial charge in [0.25, 0.3) is 5.91 Å². The van der Waals surface area contributed by atoms with E-state index in [2.05, 4.69) is 15.0 Å². The molecule has 0 radical (unpaired) electrons. The summed E-state index contributed by atoms with van der Waals surface area (Å²) in [5, 5.41) is 5.37. The molecule has 2 unspecified atom stereocenters. The number of hydrogen-bond acceptors (Lipinski definition) is 6. The number of morpholine rings is 1. The number of amides is 1. The molecule has 0 spiro atoms. The lowest BCUT2D eigenvalue weighted by molar-refractivity contribution is -0.131. The molecular formula is C24H26N6O2. The Labute approximate surface area is 186 Å². The van der Waals surface area contributed by atoms with E-state index in [-0.39, 0.29) is 5.91 Å². The van der Waals surface area contributed by atoms with Gasteiger partial charge in [0.1, 0.15) is 0 Å². The number of anilines is 1. The zero-order valence-electron chi connectivity index (χ0n) is 18.0. The van der Waals surface area contributed by atoms with Crippen LogP contribution in [0.1, 0.15) is 17.5 Å². The number of aromatic nitrogens is 3. The molecule has 2 saturated heterocycles. The molecule has 1 amide bonds. The largest absolute Gasteiger partial charge is 0.378 e. The molecular weight excluding hydrogens is 404 g/mol. The monoisotopic (exact) mass is 430 g/mol. The number of fused-ring (bicyclic) bond motifs is 2. The normalized spacial score (nSPS) is 20.3. The van der Waals surface area contributed by atoms with Crippen LogP contribution in [-0.4, -0.2) is 50.9 Å². The van der Waals surface area contributed by atoms with Crippen LogP contribution < -0.4 is 10.9 Å². The third kappa shape index (κ3) is 4.08. The minimum atomic E-state index is -0.312. The Morgan fingerprint density at radius 2 is 2.00 bits per heavy atom. The van der Waals surface area contributed by atoms with Gasteiger partial charge in [-0.25, -0.2) is 10.9 Å². The van der Waals surface area contributed by atoms with Crippen LogP contribution >= 0.6 is 0 Å². The Morgan fingerprint density at radius 3 is 2.69 bits per heavy atom. The summed E-state index contributed by atoms with van der Waals surface area (Å²) in [5.41, 5.74) is 4.58. The van der Waals surface area contributed by atoms with Crippen molar-refractivity contribution in [3.8, 4) is 11.1 Å². The summed E-state index contributed by atoms with van der Waals surface area (Å²) in [6.45, 7) is 2.55. The Kier molecular flexibility index (Phi) is 5.57. The first-order valence-corrected chi connectivity index (χ1v) is 10.7. The van der Waals surface area contributed by atoms with Gasteiger partial charge in [0.2, 0.25) is 0 Å². The number of ether oxygens (including phenoxy) is 1. The van der Waals surface area contributed by atoms with Crippen molar-refractivity contribution >= 4 is 17.7 Å². The Balaban J connectivity index is 1.25. The average molecular weight is 431 g/mol. The Hall–Kier alpha value is -3.33. The van der Waals surface area contributed by atoms with Crippen LogP contribution in [0.25, 0.3) is 17.2 Å². The number of benzene rings is 1. The minimum absolute atomic E-state index is 0.312. The number of nitrogens with zero attached hydrogens (tertiary/aromatic N) is 5. The molecule has 2 aromatic heterocycles. The van der Waals surface area contributed by atoms with Gasteiger partial charge in [0.15, 0.2) is 0 Å². The standard InChI is InChI=1S/C24H26N6O2/c1-28-14-19(12-27-28)23-8-9-26-11-18(23)4-7-24(31)30(25)20-5-2-17(3-6-20)13-29-21-10-22(29)16-32-15-21/h2-9,11-12,14,21-22H,10,13,15-16,25H2,1H3/b7-4+. The molecule has 3 aromatic rings. The van der Waals surface area contributed by atoms with Gasteiger partial charge in [-0.15, -0.1) is 0 Å². The molecule has 2 N–H and O–H groups in total. The number of carbonyl (C=O) groups is 1. The van der Waals surface area contributed by atoms with Crippen LogP contribution in [0.5, 0.6) is 0 Å². The molecule has 2 bridgehead atoms. The van der Waals surface area contributed by atoms with E-state index < -0.39 is 0 Å². The molecule has 5 rings (SSSR count). The van der Waals surface area contributed by atoms with Crippen molar-refractivity contribution in [2.75, 3.05) is 18.2 Å². The molecule has 4 heterocycles. The quantitative estimate of drug-likeness (QED) is 0.280. The van der Waals surface area contributed by atoms with Crippen molar-refractivity contribution < 1.29 is 9.53 Å². The second-order valence-corrected chi connectivity index (χ2v) is 8.33. The molecule has 0 aliphatic carbocycles. The summed E-state index contributed by atoms with van der Waals surface area (Å²) in [4.78, 5) is 19.3. The number of pyridine rings is 1. The third-order valence-electron chi connectivity index (χ3n) is 6.19. The zero-order chi connectivity index (χ0) is 22.1. The summed E-state index contributed by atoms with van der Waals surface area (Å²) < 4.78 is 7.29. The second kappa shape index (κ2) is 8.66. The molecule has 8 nitrogen and oxygen atoms in total. The van der Waals surface area contributed by atoms with Gasteiger partial charge in [0, 0.05) is 61.5 Å². The van der Waals surface area contributed by atoms with Crippen LogP contribution in [0.3, 0.4) is 0 Å². The molecule has 2 atom stereocenters. The molecule has 1 aromatic carbocycles. The fraction of sp³-hybridized carbons (Fsp3) is 0.292. The second-order valence-electron chi connectivity index (χ2n) is 8.33. The van der Waals surface area contributed by atoms with E-state index >= 15 is 0 Å². The summed E-state index contributed by atoms with van der Waals surface area (Å²) in [6.07, 6.45) is 11.6. The smallest absolute Gasteiger partial charge is 0.265 e. The molecule has 0 saturated carbocycles. The van der Waals surface area contributed by atoms with Gasteiger partial charge in [0.05, 0.1) is 25.1 Å². The summed E-state index contributed by atoms with van der Waals surface area (Å²) in [6, 6.07) is 10.8. The highest BCUT2D eigenvalue weighted by Crippen LogP contribution is 2.32. The highest BCUT2D eigenvalue weighted by atomic mass is 16.5. The highest BCUT2D eigenvalue weighted by molar-refractivity contribution is 6.03. The van der Waals surface area contributed by atoms with E-state index in [1.165, 1.54) is 18.1 Å². The lowest BCUT2D eigenvalue weighted by Gasteiger charge is -2.52. The number of aryl methyl sites for hydroxylation is 1. The Bertz CT molecular complexity index is 1130. The van der Waals surface area contributed by atoms with Gasteiger partial charge in [-0.05, 0) is 41.8 Å². The van der Waals surface area contributed by atoms with Crippen LogP contribution in [0.4, 0.5) is 5.69 Å². The maximum Gasteiger partial charge on any atom is 0.265 e. The van der Waals surface area contributed by atoms with Crippen LogP contribution in [0.2, 0.25) is 0 Å². The van der Waals surface area contributed by atoms with Crippen LogP contribution in [-0.2, 0) is 23.1 Å². The van der Waals surface area contributed by atoms with Gasteiger partial charge >= 0.3 is 0 Å². The molecule has 32 heavy (non-hydrogen) atoms. The zero-order valence-corrected chi connectivity index (χ0v) is 18.0. The van der Waals surface area contributed by atoms with Crippen molar-refractivity contribution in [3.05, 3.63) is 72.3 Å². The summed E-state index contributed by atoms with van der Waals surface area (Å²) in [7, 11) is 1.87. The predicted octanol–water partition coefficient (Wildman–Crippen LogP) is 2.38. The first-order valence-electron chi connectivity index (χ1n) is 10.7. The first kappa shape index (κ1) is 20.6. The van der Waals surface area contributed by atoms with E-state index in [1.54, 1.807) is 29.3 Å². The minimum Gasteiger partial charge on any atom is -0.378 e. The van der Waals surface area contributed by atoms with Gasteiger partial charge in [-0.2, -0.15) is 5.10 Å². The molecule has 2 fully saturated rings. The maximum absolute atomic E-state index is 12.7. The Morgan fingerprint density at radius 1 is 1.22 bits per heavy atom. The summed E-state index contributed by atoms with van der Waals surface area (Å²) in [5.74, 6) is 5.78. The van der Waals surface area contributed by atoms with Gasteiger partial charge in [-0.1, -0.05) is 12.1 Å². The number of hydrogen-bond donors (Lipinski definition) is 1. The van der Waals surface area contributed by atoms with E-state index in [9.17, 15) is 4.79 Å². The number of nitrogens with two attached hydrogens (primary N) is 1. The van der Waals surface area contributed by atoms with Gasteiger partial charge < -0.3 is 4.74 Å². The van der Waals surface area contributed by atoms with Crippen molar-refractivity contribution in [1.29, 1.82) is 0 Å². The lowest BCUT2D eigenvalue weighted by Crippen LogP contribution is -2.62. The van der Waals surface area contributed by atoms with Crippen molar-refractivity contribution in [1.82, 2.24) is 19.7 Å². The van der Waals surface area contributed by atoms with E-state index in [4.69, 9.17) is 10.6 Å². The lowest BCUT2D eigenvalue weighted by atomic mass is 9.90. The van der Waals surface area contributed by atoms with Crippen molar-refractivity contribution in [2.45, 2.75) is 25.0 Å². The summed E-state index contributed by atoms with van der Waals surface area (Å²) >= 11 is 0. The van der Waals surface area contributed by atoms with Crippen LogP contribution in [0, 0.1) is 0 Å². The number of rotatable bonds is 6. The van der Waals surface area contributed by atoms with E-state index in [0.29, 0.717) is 17.8 Å². The SMILES string of the molecule is Cn1cc(-c2ccncc2/C=C/C(=O)N(N)c2ccc(CN3C4COCC3C4)cc2)cn1. The fourth-order valence-corrected chi connectivity index (χ4v) is 4.37. The fourth-order valence-electron chi connectivity index (χ4n) is 4.37. The number of hydrazine groups is 1. The maximum atomic E-state index is 12.7. The van der Waals surface area contributed by atoms with Crippen molar-refractivity contribution in [2.24, 2.45) is 12.9 Å². The first-order chi connectivity index (χ1) is 15.6. The molecule has 8 heteroatoms. The van der Waals surface area contributed by atoms with Crippen LogP contribution in [0.15, 0.2) is 61.2 Å². The third-order valence-corrected chi connectivity index (χ3v) is 6.19. The van der Waals surface area contributed by atoms with E-state index in [1.807, 2.05) is 43.6 Å².